The van der Waals surface area contributed by atoms with Gasteiger partial charge in [0.2, 0.25) is 0 Å². The first-order valence-electron chi connectivity index (χ1n) is 6.10. The van der Waals surface area contributed by atoms with E-state index in [1.807, 2.05) is 31.2 Å². The highest BCUT2D eigenvalue weighted by Crippen LogP contribution is 2.29. The molecule has 0 aliphatic rings. The molecule has 0 aliphatic carbocycles. The van der Waals surface area contributed by atoms with Crippen LogP contribution in [0.2, 0.25) is 0 Å². The van der Waals surface area contributed by atoms with Crippen LogP contribution in [0.4, 0.5) is 0 Å². The fourth-order valence-corrected chi connectivity index (χ4v) is 2.13. The van der Waals surface area contributed by atoms with Crippen LogP contribution < -0.4 is 0 Å². The van der Waals surface area contributed by atoms with E-state index in [-0.39, 0.29) is 17.7 Å². The van der Waals surface area contributed by atoms with Crippen LogP contribution >= 0.6 is 11.6 Å². The quantitative estimate of drug-likeness (QED) is 0.875. The van der Waals surface area contributed by atoms with Crippen molar-refractivity contribution in [2.24, 2.45) is 0 Å². The predicted molar refractivity (Wildman–Crippen MR) is 77.9 cm³/mol. The summed E-state index contributed by atoms with van der Waals surface area (Å²) in [6.07, 6.45) is 0. The van der Waals surface area contributed by atoms with E-state index in [0.717, 1.165) is 5.39 Å². The summed E-state index contributed by atoms with van der Waals surface area (Å²) in [5.41, 5.74) is 0.304. The molecule has 0 aliphatic heterocycles. The lowest BCUT2D eigenvalue weighted by atomic mass is 10.0. The van der Waals surface area contributed by atoms with E-state index in [1.165, 1.54) is 4.90 Å². The van der Waals surface area contributed by atoms with Crippen LogP contribution in [0.25, 0.3) is 10.8 Å². The number of hydrogen-bond donors (Lipinski definition) is 1. The Labute approximate surface area is 117 Å². The average molecular weight is 278 g/mol. The first kappa shape index (κ1) is 13.7. The van der Waals surface area contributed by atoms with Gasteiger partial charge in [0.1, 0.15) is 5.75 Å². The molecule has 3 nitrogen and oxygen atoms in total. The van der Waals surface area contributed by atoms with Crippen LogP contribution in [-0.2, 0) is 0 Å². The summed E-state index contributed by atoms with van der Waals surface area (Å²) in [4.78, 5) is 13.9. The molecule has 0 aromatic heterocycles. The number of phenols is 1. The number of alkyl halides is 1. The Balaban J connectivity index is 2.46. The normalized spacial score (nSPS) is 12.4. The number of halogens is 1. The standard InChI is InChI=1S/C15H16ClNO2/c1-10(9-16)17(2)15(19)13-8-7-11-5-3-4-6-12(11)14(13)18/h3-8,10,18H,9H2,1-2H3. The molecule has 0 fully saturated rings. The summed E-state index contributed by atoms with van der Waals surface area (Å²) < 4.78 is 0. The minimum Gasteiger partial charge on any atom is -0.506 e. The van der Waals surface area contributed by atoms with Crippen molar-refractivity contribution >= 4 is 28.3 Å². The SMILES string of the molecule is CC(CCl)N(C)C(=O)c1ccc2ccccc2c1O. The van der Waals surface area contributed by atoms with E-state index in [1.54, 1.807) is 19.2 Å². The monoisotopic (exact) mass is 277 g/mol. The zero-order valence-electron chi connectivity index (χ0n) is 10.9. The number of carbonyl (C=O) groups excluding carboxylic acids is 1. The molecule has 0 saturated carbocycles. The fourth-order valence-electron chi connectivity index (χ4n) is 1.92. The number of nitrogens with zero attached hydrogens (tertiary/aromatic N) is 1. The van der Waals surface area contributed by atoms with Crippen LogP contribution in [0.15, 0.2) is 36.4 Å². The van der Waals surface area contributed by atoms with Gasteiger partial charge in [0.05, 0.1) is 5.56 Å². The molecule has 1 unspecified atom stereocenters. The molecule has 0 radical (unpaired) electrons. The number of benzene rings is 2. The van der Waals surface area contributed by atoms with Crippen molar-refractivity contribution in [3.8, 4) is 5.75 Å². The van der Waals surface area contributed by atoms with Gasteiger partial charge < -0.3 is 10.0 Å². The molecule has 1 atom stereocenters. The molecule has 4 heteroatoms. The Hall–Kier alpha value is -1.74. The largest absolute Gasteiger partial charge is 0.506 e. The molecule has 0 heterocycles. The summed E-state index contributed by atoms with van der Waals surface area (Å²) in [6, 6.07) is 10.8. The van der Waals surface area contributed by atoms with E-state index >= 15 is 0 Å². The third-order valence-electron chi connectivity index (χ3n) is 3.34. The van der Waals surface area contributed by atoms with Crippen LogP contribution in [0.5, 0.6) is 5.75 Å². The lowest BCUT2D eigenvalue weighted by molar-refractivity contribution is 0.0754. The minimum atomic E-state index is -0.226. The Bertz CT molecular complexity index is 612. The van der Waals surface area contributed by atoms with Gasteiger partial charge in [-0.1, -0.05) is 30.3 Å². The second-order valence-electron chi connectivity index (χ2n) is 4.60. The molecule has 0 bridgehead atoms. The number of carbonyl (C=O) groups is 1. The fraction of sp³-hybridized carbons (Fsp3) is 0.267. The molecule has 100 valence electrons. The van der Waals surface area contributed by atoms with Gasteiger partial charge in [-0.05, 0) is 18.4 Å². The van der Waals surface area contributed by atoms with E-state index in [4.69, 9.17) is 11.6 Å². The van der Waals surface area contributed by atoms with E-state index < -0.39 is 0 Å². The van der Waals surface area contributed by atoms with Crippen LogP contribution in [-0.4, -0.2) is 34.9 Å². The molecule has 1 amide bonds. The highest BCUT2D eigenvalue weighted by Gasteiger charge is 2.20. The van der Waals surface area contributed by atoms with Crippen molar-refractivity contribution < 1.29 is 9.90 Å². The molecular weight excluding hydrogens is 262 g/mol. The van der Waals surface area contributed by atoms with Gasteiger partial charge in [0.25, 0.3) is 5.91 Å². The first-order valence-corrected chi connectivity index (χ1v) is 6.63. The average Bonchev–Trinajstić information content (AvgIpc) is 2.45. The maximum atomic E-state index is 12.3. The minimum absolute atomic E-state index is 0.0247. The summed E-state index contributed by atoms with van der Waals surface area (Å²) in [7, 11) is 1.68. The van der Waals surface area contributed by atoms with E-state index in [9.17, 15) is 9.90 Å². The zero-order chi connectivity index (χ0) is 14.0. The molecule has 2 rings (SSSR count). The number of rotatable bonds is 3. The van der Waals surface area contributed by atoms with Gasteiger partial charge in [0.15, 0.2) is 0 Å². The van der Waals surface area contributed by atoms with Crippen LogP contribution in [0, 0.1) is 0 Å². The second-order valence-corrected chi connectivity index (χ2v) is 4.91. The summed E-state index contributed by atoms with van der Waals surface area (Å²) in [6.45, 7) is 1.86. The van der Waals surface area contributed by atoms with Gasteiger partial charge in [-0.25, -0.2) is 0 Å². The molecule has 0 spiro atoms. The van der Waals surface area contributed by atoms with E-state index in [2.05, 4.69) is 0 Å². The topological polar surface area (TPSA) is 40.5 Å². The third-order valence-corrected chi connectivity index (χ3v) is 3.78. The van der Waals surface area contributed by atoms with Gasteiger partial charge in [-0.15, -0.1) is 11.6 Å². The predicted octanol–water partition coefficient (Wildman–Crippen LogP) is 3.24. The first-order chi connectivity index (χ1) is 9.06. The molecule has 19 heavy (non-hydrogen) atoms. The van der Waals surface area contributed by atoms with Crippen LogP contribution in [0.3, 0.4) is 0 Å². The van der Waals surface area contributed by atoms with Crippen molar-refractivity contribution in [3.05, 3.63) is 42.0 Å². The smallest absolute Gasteiger partial charge is 0.257 e. The van der Waals surface area contributed by atoms with Crippen molar-refractivity contribution in [1.82, 2.24) is 4.90 Å². The van der Waals surface area contributed by atoms with Crippen molar-refractivity contribution in [3.63, 3.8) is 0 Å². The number of aromatic hydroxyl groups is 1. The van der Waals surface area contributed by atoms with Gasteiger partial charge in [0, 0.05) is 24.4 Å². The molecule has 2 aromatic rings. The molecule has 2 aromatic carbocycles. The Morgan fingerprint density at radius 1 is 1.32 bits per heavy atom. The molecule has 0 saturated heterocycles. The summed E-state index contributed by atoms with van der Waals surface area (Å²) in [5, 5.41) is 11.8. The Morgan fingerprint density at radius 3 is 2.68 bits per heavy atom. The lowest BCUT2D eigenvalue weighted by Gasteiger charge is -2.23. The Morgan fingerprint density at radius 2 is 2.00 bits per heavy atom. The van der Waals surface area contributed by atoms with Gasteiger partial charge >= 0.3 is 0 Å². The van der Waals surface area contributed by atoms with Crippen LogP contribution in [0.1, 0.15) is 17.3 Å². The molecule has 1 N–H and O–H groups in total. The number of phenolic OH excluding ortho intramolecular Hbond substituents is 1. The second kappa shape index (κ2) is 5.49. The number of fused-ring (bicyclic) bond motifs is 1. The van der Waals surface area contributed by atoms with Gasteiger partial charge in [-0.2, -0.15) is 0 Å². The lowest BCUT2D eigenvalue weighted by Crippen LogP contribution is -2.36. The van der Waals surface area contributed by atoms with Crippen molar-refractivity contribution in [2.45, 2.75) is 13.0 Å². The highest BCUT2D eigenvalue weighted by atomic mass is 35.5. The maximum Gasteiger partial charge on any atom is 0.257 e. The van der Waals surface area contributed by atoms with Crippen molar-refractivity contribution in [1.29, 1.82) is 0 Å². The van der Waals surface area contributed by atoms with E-state index in [0.29, 0.717) is 16.8 Å². The zero-order valence-corrected chi connectivity index (χ0v) is 11.7. The van der Waals surface area contributed by atoms with Gasteiger partial charge in [-0.3, -0.25) is 4.79 Å². The number of hydrogen-bond acceptors (Lipinski definition) is 2. The molecular formula is C15H16ClNO2. The summed E-state index contributed by atoms with van der Waals surface area (Å²) >= 11 is 5.76. The Kier molecular flexibility index (Phi) is 3.96. The maximum absolute atomic E-state index is 12.3. The summed E-state index contributed by atoms with van der Waals surface area (Å²) in [5.74, 6) is 0.157. The third kappa shape index (κ3) is 2.51. The number of amides is 1. The highest BCUT2D eigenvalue weighted by molar-refractivity contribution is 6.18. The van der Waals surface area contributed by atoms with Crippen molar-refractivity contribution in [2.75, 3.05) is 12.9 Å².